The molecule has 21 heavy (non-hydrogen) atoms. The third kappa shape index (κ3) is 4.83. The minimum absolute atomic E-state index is 0.192. The number of thioether (sulfide) groups is 1. The van der Waals surface area contributed by atoms with E-state index in [1.54, 1.807) is 17.8 Å². The molecule has 0 unspecified atom stereocenters. The van der Waals surface area contributed by atoms with Gasteiger partial charge in [-0.15, -0.1) is 11.8 Å². The van der Waals surface area contributed by atoms with Gasteiger partial charge in [0.2, 0.25) is 0 Å². The van der Waals surface area contributed by atoms with Crippen LogP contribution >= 0.6 is 27.7 Å². The molecule has 1 aliphatic rings. The van der Waals surface area contributed by atoms with Gasteiger partial charge in [0.05, 0.1) is 0 Å². The maximum Gasteiger partial charge on any atom is 0.124 e. The van der Waals surface area contributed by atoms with Crippen LogP contribution in [0.1, 0.15) is 24.0 Å². The van der Waals surface area contributed by atoms with Gasteiger partial charge >= 0.3 is 0 Å². The Hall–Kier alpha value is -0.840. The fraction of sp³-hybridized carbons (Fsp3) is 0.294. The average Bonchev–Trinajstić information content (AvgIpc) is 3.27. The topological polar surface area (TPSA) is 12.0 Å². The van der Waals surface area contributed by atoms with Crippen molar-refractivity contribution in [2.75, 3.05) is 0 Å². The number of hydrogen-bond acceptors (Lipinski definition) is 2. The van der Waals surface area contributed by atoms with Crippen LogP contribution in [0.15, 0.2) is 51.8 Å². The molecular weight excluding hydrogens is 349 g/mol. The van der Waals surface area contributed by atoms with Gasteiger partial charge in [-0.1, -0.05) is 28.1 Å². The number of hydrogen-bond donors (Lipinski definition) is 1. The van der Waals surface area contributed by atoms with E-state index in [4.69, 9.17) is 0 Å². The second-order valence-corrected chi connectivity index (χ2v) is 7.33. The highest BCUT2D eigenvalue weighted by Gasteiger charge is 2.19. The van der Waals surface area contributed by atoms with E-state index >= 15 is 0 Å². The van der Waals surface area contributed by atoms with Crippen molar-refractivity contribution in [3.8, 4) is 0 Å². The molecule has 3 rings (SSSR count). The molecule has 2 aromatic carbocycles. The van der Waals surface area contributed by atoms with Crippen molar-refractivity contribution in [2.24, 2.45) is 0 Å². The average molecular weight is 366 g/mol. The summed E-state index contributed by atoms with van der Waals surface area (Å²) < 4.78 is 14.1. The van der Waals surface area contributed by atoms with Crippen molar-refractivity contribution >= 4 is 27.7 Å². The van der Waals surface area contributed by atoms with Gasteiger partial charge < -0.3 is 5.32 Å². The lowest BCUT2D eigenvalue weighted by atomic mass is 10.2. The molecule has 0 atom stereocenters. The highest BCUT2D eigenvalue weighted by molar-refractivity contribution is 9.10. The van der Waals surface area contributed by atoms with Gasteiger partial charge in [-0.2, -0.15) is 0 Å². The molecule has 2 aromatic rings. The number of rotatable bonds is 6. The van der Waals surface area contributed by atoms with Crippen LogP contribution in [0.25, 0.3) is 0 Å². The lowest BCUT2D eigenvalue weighted by Gasteiger charge is -2.07. The van der Waals surface area contributed by atoms with Crippen molar-refractivity contribution in [1.82, 2.24) is 5.32 Å². The van der Waals surface area contributed by atoms with Gasteiger partial charge in [0.1, 0.15) is 5.82 Å². The summed E-state index contributed by atoms with van der Waals surface area (Å²) >= 11 is 5.07. The monoisotopic (exact) mass is 365 g/mol. The van der Waals surface area contributed by atoms with Crippen molar-refractivity contribution in [1.29, 1.82) is 0 Å². The summed E-state index contributed by atoms with van der Waals surface area (Å²) in [6, 6.07) is 14.3. The summed E-state index contributed by atoms with van der Waals surface area (Å²) in [6.45, 7) is 0.935. The van der Waals surface area contributed by atoms with Gasteiger partial charge in [0.15, 0.2) is 0 Å². The maximum absolute atomic E-state index is 13.4. The summed E-state index contributed by atoms with van der Waals surface area (Å²) in [4.78, 5) is 1.23. The van der Waals surface area contributed by atoms with Gasteiger partial charge in [-0.25, -0.2) is 4.39 Å². The van der Waals surface area contributed by atoms with E-state index in [-0.39, 0.29) is 5.82 Å². The normalized spacial score (nSPS) is 14.4. The lowest BCUT2D eigenvalue weighted by Crippen LogP contribution is -2.15. The van der Waals surface area contributed by atoms with Crippen LogP contribution in [0.3, 0.4) is 0 Å². The van der Waals surface area contributed by atoms with E-state index in [1.807, 2.05) is 6.07 Å². The third-order valence-corrected chi connectivity index (χ3v) is 4.92. The first-order valence-electron chi connectivity index (χ1n) is 7.09. The Morgan fingerprint density at radius 3 is 2.76 bits per heavy atom. The standard InChI is InChI=1S/C17H17BrFNS/c18-14-6-13(7-15(19)9-14)11-21-17-3-1-2-12(8-17)10-20-16-4-5-16/h1-3,6-9,16,20H,4-5,10-11H2. The molecule has 1 aliphatic carbocycles. The van der Waals surface area contributed by atoms with E-state index in [1.165, 1.54) is 29.4 Å². The minimum Gasteiger partial charge on any atom is -0.310 e. The lowest BCUT2D eigenvalue weighted by molar-refractivity contribution is 0.625. The van der Waals surface area contributed by atoms with Gasteiger partial charge in [-0.05, 0) is 54.3 Å². The van der Waals surface area contributed by atoms with Crippen LogP contribution in [0.4, 0.5) is 4.39 Å². The van der Waals surface area contributed by atoms with Crippen LogP contribution < -0.4 is 5.32 Å². The predicted octanol–water partition coefficient (Wildman–Crippen LogP) is 5.13. The van der Waals surface area contributed by atoms with E-state index in [0.717, 1.165) is 28.4 Å². The van der Waals surface area contributed by atoms with E-state index < -0.39 is 0 Å². The van der Waals surface area contributed by atoms with E-state index in [9.17, 15) is 4.39 Å². The molecule has 0 bridgehead atoms. The molecule has 110 valence electrons. The fourth-order valence-corrected chi connectivity index (χ4v) is 3.58. The molecule has 1 N–H and O–H groups in total. The summed E-state index contributed by atoms with van der Waals surface area (Å²) in [7, 11) is 0. The first-order valence-corrected chi connectivity index (χ1v) is 8.87. The molecule has 1 nitrogen and oxygen atoms in total. The molecule has 0 saturated heterocycles. The Labute approximate surface area is 137 Å². The summed E-state index contributed by atoms with van der Waals surface area (Å²) in [6.07, 6.45) is 2.62. The van der Waals surface area contributed by atoms with Crippen LogP contribution in [0.5, 0.6) is 0 Å². The summed E-state index contributed by atoms with van der Waals surface area (Å²) in [5.41, 5.74) is 2.31. The smallest absolute Gasteiger partial charge is 0.124 e. The molecule has 0 heterocycles. The summed E-state index contributed by atoms with van der Waals surface area (Å²) in [5, 5.41) is 3.52. The molecule has 0 aliphatic heterocycles. The van der Waals surface area contributed by atoms with Crippen LogP contribution in [-0.2, 0) is 12.3 Å². The Morgan fingerprint density at radius 1 is 1.14 bits per heavy atom. The van der Waals surface area contributed by atoms with Gasteiger partial charge in [0.25, 0.3) is 0 Å². The van der Waals surface area contributed by atoms with Crippen LogP contribution in [0, 0.1) is 5.82 Å². The maximum atomic E-state index is 13.4. The fourth-order valence-electron chi connectivity index (χ4n) is 2.16. The Morgan fingerprint density at radius 2 is 2.00 bits per heavy atom. The second-order valence-electron chi connectivity index (χ2n) is 5.37. The molecular formula is C17H17BrFNS. The van der Waals surface area contributed by atoms with Crippen molar-refractivity contribution in [2.45, 2.75) is 36.1 Å². The van der Waals surface area contributed by atoms with Gasteiger partial charge in [-0.3, -0.25) is 0 Å². The van der Waals surface area contributed by atoms with Crippen LogP contribution in [0.2, 0.25) is 0 Å². The Balaban J connectivity index is 1.59. The largest absolute Gasteiger partial charge is 0.310 e. The van der Waals surface area contributed by atoms with E-state index in [0.29, 0.717) is 0 Å². The molecule has 0 aromatic heterocycles. The van der Waals surface area contributed by atoms with Crippen molar-refractivity contribution in [3.63, 3.8) is 0 Å². The Kier molecular flexibility index (Phi) is 4.99. The van der Waals surface area contributed by atoms with Crippen LogP contribution in [-0.4, -0.2) is 6.04 Å². The second kappa shape index (κ2) is 6.95. The number of nitrogens with one attached hydrogen (secondary N) is 1. The predicted molar refractivity (Wildman–Crippen MR) is 90.0 cm³/mol. The molecule has 1 fully saturated rings. The molecule has 0 spiro atoms. The molecule has 0 radical (unpaired) electrons. The SMILES string of the molecule is Fc1cc(Br)cc(CSc2cccc(CNC3CC3)c2)c1. The Bertz CT molecular complexity index is 608. The highest BCUT2D eigenvalue weighted by atomic mass is 79.9. The van der Waals surface area contributed by atoms with E-state index in [2.05, 4.69) is 45.5 Å². The zero-order valence-electron chi connectivity index (χ0n) is 11.6. The first-order chi connectivity index (χ1) is 10.2. The minimum atomic E-state index is -0.192. The quantitative estimate of drug-likeness (QED) is 0.711. The molecule has 4 heteroatoms. The number of benzene rings is 2. The molecule has 0 amide bonds. The molecule has 1 saturated carbocycles. The summed E-state index contributed by atoms with van der Waals surface area (Å²) in [5.74, 6) is 0.581. The van der Waals surface area contributed by atoms with Crippen molar-refractivity contribution < 1.29 is 4.39 Å². The number of halogens is 2. The first kappa shape index (κ1) is 15.1. The third-order valence-electron chi connectivity index (χ3n) is 3.40. The highest BCUT2D eigenvalue weighted by Crippen LogP contribution is 2.26. The zero-order valence-corrected chi connectivity index (χ0v) is 14.0. The zero-order chi connectivity index (χ0) is 14.7. The van der Waals surface area contributed by atoms with Gasteiger partial charge in [0, 0.05) is 27.7 Å². The van der Waals surface area contributed by atoms with Crippen molar-refractivity contribution in [3.05, 3.63) is 63.9 Å².